The van der Waals surface area contributed by atoms with E-state index in [9.17, 15) is 17.6 Å². The van der Waals surface area contributed by atoms with Crippen LogP contribution in [0.1, 0.15) is 64.2 Å². The molecule has 2 aliphatic heterocycles. The summed E-state index contributed by atoms with van der Waals surface area (Å²) in [7, 11) is -4.09. The lowest BCUT2D eigenvalue weighted by molar-refractivity contribution is 0.0978. The van der Waals surface area contributed by atoms with E-state index in [1.54, 1.807) is 18.2 Å². The summed E-state index contributed by atoms with van der Waals surface area (Å²) >= 11 is 0. The van der Waals surface area contributed by atoms with Gasteiger partial charge in [-0.25, -0.2) is 14.1 Å². The highest BCUT2D eigenvalue weighted by Crippen LogP contribution is 2.39. The molecule has 0 spiro atoms. The molecule has 11 heteroatoms. The van der Waals surface area contributed by atoms with Crippen molar-refractivity contribution >= 4 is 21.9 Å². The van der Waals surface area contributed by atoms with Crippen LogP contribution in [0.4, 0.5) is 10.2 Å². The van der Waals surface area contributed by atoms with Gasteiger partial charge in [0.25, 0.3) is 5.91 Å². The smallest absolute Gasteiger partial charge is 0.304 e. The molecule has 39 heavy (non-hydrogen) atoms. The summed E-state index contributed by atoms with van der Waals surface area (Å²) < 4.78 is 49.8. The molecule has 2 atom stereocenters. The predicted molar refractivity (Wildman–Crippen MR) is 150 cm³/mol. The molecule has 214 valence electrons. The molecule has 2 aliphatic rings. The van der Waals surface area contributed by atoms with Crippen LogP contribution in [0, 0.1) is 17.7 Å². The lowest BCUT2D eigenvalue weighted by Crippen LogP contribution is -2.51. The van der Waals surface area contributed by atoms with Gasteiger partial charge >= 0.3 is 10.2 Å². The predicted octanol–water partition coefficient (Wildman–Crippen LogP) is 3.95. The molecule has 0 saturated carbocycles. The molecule has 2 saturated heterocycles. The molecule has 3 N–H and O–H groups in total. The molecule has 0 radical (unpaired) electrons. The number of hydrogen-bond donors (Lipinski definition) is 2. The second-order valence-electron chi connectivity index (χ2n) is 11.6. The van der Waals surface area contributed by atoms with E-state index < -0.39 is 21.9 Å². The van der Waals surface area contributed by atoms with Crippen LogP contribution in [0.15, 0.2) is 30.3 Å². The van der Waals surface area contributed by atoms with E-state index in [0.717, 1.165) is 12.8 Å². The van der Waals surface area contributed by atoms with E-state index in [1.165, 1.54) is 16.4 Å². The van der Waals surface area contributed by atoms with Crippen molar-refractivity contribution in [2.24, 2.45) is 17.6 Å². The third kappa shape index (κ3) is 6.53. The number of benzene rings is 1. The highest BCUT2D eigenvalue weighted by atomic mass is 32.2. The lowest BCUT2D eigenvalue weighted by atomic mass is 9.90. The van der Waals surface area contributed by atoms with Crippen LogP contribution < -0.4 is 20.1 Å². The van der Waals surface area contributed by atoms with Crippen LogP contribution in [0.2, 0.25) is 0 Å². The monoisotopic (exact) mass is 561 g/mol. The van der Waals surface area contributed by atoms with Crippen molar-refractivity contribution in [3.05, 3.63) is 41.7 Å². The zero-order valence-corrected chi connectivity index (χ0v) is 24.2. The van der Waals surface area contributed by atoms with Gasteiger partial charge in [0.2, 0.25) is 0 Å². The molecule has 1 amide bonds. The van der Waals surface area contributed by atoms with E-state index in [4.69, 9.17) is 15.5 Å². The zero-order chi connectivity index (χ0) is 28.5. The number of amides is 1. The van der Waals surface area contributed by atoms with Crippen LogP contribution in [-0.4, -0.2) is 61.4 Å². The van der Waals surface area contributed by atoms with Crippen molar-refractivity contribution in [2.75, 3.05) is 31.1 Å². The van der Waals surface area contributed by atoms with E-state index in [1.807, 2.05) is 18.7 Å². The van der Waals surface area contributed by atoms with Crippen molar-refractivity contribution in [3.8, 4) is 17.0 Å². The van der Waals surface area contributed by atoms with Gasteiger partial charge in [-0.2, -0.15) is 12.7 Å². The van der Waals surface area contributed by atoms with Gasteiger partial charge in [-0.3, -0.25) is 4.79 Å². The van der Waals surface area contributed by atoms with Crippen molar-refractivity contribution < 1.29 is 22.3 Å². The molecule has 1 aromatic carbocycles. The third-order valence-electron chi connectivity index (χ3n) is 7.80. The fourth-order valence-corrected chi connectivity index (χ4v) is 6.32. The summed E-state index contributed by atoms with van der Waals surface area (Å²) in [5, 5.41) is 0. The Balaban J connectivity index is 1.72. The van der Waals surface area contributed by atoms with Gasteiger partial charge in [-0.1, -0.05) is 20.8 Å². The number of nitrogens with one attached hydrogen (secondary N) is 1. The zero-order valence-electron chi connectivity index (χ0n) is 23.4. The molecule has 0 bridgehead atoms. The molecule has 0 aliphatic carbocycles. The highest BCUT2D eigenvalue weighted by Gasteiger charge is 2.41. The molecule has 1 unspecified atom stereocenters. The molecule has 4 rings (SSSR count). The molecule has 3 heterocycles. The first-order chi connectivity index (χ1) is 18.3. The number of piperidine rings is 1. The number of nitrogens with two attached hydrogens (primary N) is 1. The number of anilines is 1. The number of hydrogen-bond acceptors (Lipinski definition) is 7. The Kier molecular flexibility index (Phi) is 8.53. The minimum atomic E-state index is -4.09. The maximum absolute atomic E-state index is 14.5. The van der Waals surface area contributed by atoms with Gasteiger partial charge in [-0.15, -0.1) is 0 Å². The van der Waals surface area contributed by atoms with E-state index in [0.29, 0.717) is 54.9 Å². The summed E-state index contributed by atoms with van der Waals surface area (Å²) in [5.41, 5.74) is 6.72. The third-order valence-corrected chi connectivity index (χ3v) is 9.25. The fraction of sp³-hybridized carbons (Fsp3) is 0.571. The summed E-state index contributed by atoms with van der Waals surface area (Å²) in [6.07, 6.45) is 2.26. The van der Waals surface area contributed by atoms with Crippen molar-refractivity contribution in [1.82, 2.24) is 14.0 Å². The van der Waals surface area contributed by atoms with Crippen LogP contribution >= 0.6 is 0 Å². The highest BCUT2D eigenvalue weighted by molar-refractivity contribution is 7.87. The quantitative estimate of drug-likeness (QED) is 0.501. The maximum Gasteiger partial charge on any atom is 0.304 e. The Hall–Kier alpha value is -2.76. The second kappa shape index (κ2) is 11.4. The number of carbonyl (C=O) groups is 1. The minimum Gasteiger partial charge on any atom is -0.493 e. The number of aromatic nitrogens is 1. The number of halogens is 1. The van der Waals surface area contributed by atoms with Crippen LogP contribution in [-0.2, 0) is 10.2 Å². The molecular formula is C28H40FN5O4S. The number of rotatable bonds is 8. The Labute approximate surface area is 231 Å². The van der Waals surface area contributed by atoms with E-state index in [-0.39, 0.29) is 29.6 Å². The molecule has 1 aromatic heterocycles. The Bertz CT molecular complexity index is 1320. The average Bonchev–Trinajstić information content (AvgIpc) is 3.13. The van der Waals surface area contributed by atoms with Crippen LogP contribution in [0.25, 0.3) is 11.3 Å². The molecule has 9 nitrogen and oxygen atoms in total. The van der Waals surface area contributed by atoms with Crippen molar-refractivity contribution in [3.63, 3.8) is 0 Å². The van der Waals surface area contributed by atoms with Gasteiger partial charge in [0, 0.05) is 42.8 Å². The Morgan fingerprint density at radius 1 is 1.23 bits per heavy atom. The first-order valence-electron chi connectivity index (χ1n) is 13.6. The molecule has 2 aromatic rings. The summed E-state index contributed by atoms with van der Waals surface area (Å²) in [6.45, 7) is 11.9. The van der Waals surface area contributed by atoms with Gasteiger partial charge in [0.1, 0.15) is 17.4 Å². The van der Waals surface area contributed by atoms with Crippen molar-refractivity contribution in [1.29, 1.82) is 0 Å². The lowest BCUT2D eigenvalue weighted by Gasteiger charge is -2.37. The number of nitrogens with zero attached hydrogens (tertiary/aromatic N) is 3. The van der Waals surface area contributed by atoms with E-state index in [2.05, 4.69) is 25.5 Å². The van der Waals surface area contributed by atoms with Gasteiger partial charge < -0.3 is 15.4 Å². The van der Waals surface area contributed by atoms with Crippen molar-refractivity contribution in [2.45, 2.75) is 65.5 Å². The number of pyridine rings is 1. The summed E-state index contributed by atoms with van der Waals surface area (Å²) in [6, 6.07) is 7.32. The topological polar surface area (TPSA) is 118 Å². The Morgan fingerprint density at radius 2 is 1.97 bits per heavy atom. The first kappa shape index (κ1) is 29.2. The number of ether oxygens (including phenoxy) is 1. The van der Waals surface area contributed by atoms with E-state index >= 15 is 0 Å². The number of carbonyl (C=O) groups excluding carboxylic acids is 1. The summed E-state index contributed by atoms with van der Waals surface area (Å²) in [4.78, 5) is 20.3. The fourth-order valence-electron chi connectivity index (χ4n) is 5.09. The minimum absolute atomic E-state index is 0.137. The normalized spacial score (nSPS) is 21.8. The molecular weight excluding hydrogens is 521 g/mol. The van der Waals surface area contributed by atoms with Gasteiger partial charge in [0.15, 0.2) is 0 Å². The summed E-state index contributed by atoms with van der Waals surface area (Å²) in [5.74, 6) is 0.109. The Morgan fingerprint density at radius 3 is 2.62 bits per heavy atom. The largest absolute Gasteiger partial charge is 0.493 e. The first-order valence-corrected chi connectivity index (χ1v) is 15.0. The molecule has 2 fully saturated rings. The maximum atomic E-state index is 14.5. The van der Waals surface area contributed by atoms with Crippen LogP contribution in [0.3, 0.4) is 0 Å². The van der Waals surface area contributed by atoms with Crippen LogP contribution in [0.5, 0.6) is 5.75 Å². The average molecular weight is 562 g/mol. The van der Waals surface area contributed by atoms with Gasteiger partial charge in [-0.05, 0) is 69.2 Å². The standard InChI is InChI=1S/C28H40FN5O4S/c1-18(2)17-38-23-14-20(13-21(29)15-23)25-9-8-24(26(31-25)34-12-10-19(3)28(34,4)5)27(35)32-39(36,37)33-11-6-7-22(30)16-33/h8-9,13-15,18-19,22H,6-7,10-12,16-17,30H2,1-5H3,(H,32,35)/t19?,22-/m1/s1. The second-order valence-corrected chi connectivity index (χ2v) is 13.3. The SMILES string of the molecule is CC(C)COc1cc(F)cc(-c2ccc(C(=O)NS(=O)(=O)N3CCC[C@@H](N)C3)c(N3CCC(C)C3(C)C)n2)c1. The van der Waals surface area contributed by atoms with Gasteiger partial charge in [0.05, 0.1) is 17.9 Å².